The summed E-state index contributed by atoms with van der Waals surface area (Å²) in [6, 6.07) is 13.2. The molecule has 0 saturated heterocycles. The average Bonchev–Trinajstić information content (AvgIpc) is 3.34. The molecule has 0 aliphatic rings. The molecule has 0 aliphatic heterocycles. The van der Waals surface area contributed by atoms with Crippen molar-refractivity contribution < 1.29 is 18.7 Å². The van der Waals surface area contributed by atoms with Gasteiger partial charge in [-0.2, -0.15) is 0 Å². The van der Waals surface area contributed by atoms with E-state index >= 15 is 0 Å². The van der Waals surface area contributed by atoms with Gasteiger partial charge in [-0.1, -0.05) is 19.1 Å². The quantitative estimate of drug-likeness (QED) is 0.280. The van der Waals surface area contributed by atoms with E-state index in [1.807, 2.05) is 43.0 Å². The number of aromatic amines is 1. The zero-order valence-electron chi connectivity index (χ0n) is 21.7. The van der Waals surface area contributed by atoms with Gasteiger partial charge < -0.3 is 14.5 Å². The SMILES string of the molecule is CCOC(=O)Cn1nnnc1[C@@H](CC)N(Cc1ccc(F)cc1)Cc1cc2cc(OCC)ccc2[nH]c1=O. The highest BCUT2D eigenvalue weighted by molar-refractivity contribution is 5.80. The third-order valence-electron chi connectivity index (χ3n) is 6.15. The highest BCUT2D eigenvalue weighted by atomic mass is 19.1. The molecule has 0 radical (unpaired) electrons. The van der Waals surface area contributed by atoms with Gasteiger partial charge in [0.2, 0.25) is 0 Å². The lowest BCUT2D eigenvalue weighted by atomic mass is 10.1. The van der Waals surface area contributed by atoms with Gasteiger partial charge in [0.1, 0.15) is 18.1 Å². The molecule has 0 saturated carbocycles. The number of hydrogen-bond donors (Lipinski definition) is 1. The number of pyridine rings is 1. The van der Waals surface area contributed by atoms with Crippen LogP contribution in [0.1, 0.15) is 50.2 Å². The van der Waals surface area contributed by atoms with Crippen molar-refractivity contribution in [3.63, 3.8) is 0 Å². The Morgan fingerprint density at radius 3 is 2.58 bits per heavy atom. The molecule has 200 valence electrons. The van der Waals surface area contributed by atoms with Gasteiger partial charge in [0, 0.05) is 29.6 Å². The van der Waals surface area contributed by atoms with E-state index in [9.17, 15) is 14.0 Å². The van der Waals surface area contributed by atoms with E-state index in [0.29, 0.717) is 42.2 Å². The van der Waals surface area contributed by atoms with E-state index in [1.165, 1.54) is 16.8 Å². The monoisotopic (exact) mass is 522 g/mol. The molecule has 2 heterocycles. The van der Waals surface area contributed by atoms with Crippen molar-refractivity contribution in [1.29, 1.82) is 0 Å². The molecule has 0 aliphatic carbocycles. The molecule has 0 fully saturated rings. The Labute approximate surface area is 219 Å². The van der Waals surface area contributed by atoms with Gasteiger partial charge in [-0.3, -0.25) is 14.5 Å². The maximum atomic E-state index is 13.6. The van der Waals surface area contributed by atoms with E-state index in [2.05, 4.69) is 20.5 Å². The van der Waals surface area contributed by atoms with Crippen molar-refractivity contribution in [2.75, 3.05) is 13.2 Å². The maximum absolute atomic E-state index is 13.6. The summed E-state index contributed by atoms with van der Waals surface area (Å²) in [6.45, 7) is 6.92. The average molecular weight is 523 g/mol. The van der Waals surface area contributed by atoms with Crippen molar-refractivity contribution in [3.8, 4) is 5.75 Å². The molecule has 0 unspecified atom stereocenters. The number of carbonyl (C=O) groups excluding carboxylic acids is 1. The standard InChI is InChI=1S/C27H31FN6O4/c1-4-24(26-30-31-32-34(26)17-25(35)38-6-3)33(15-18-7-9-21(28)10-8-18)16-20-13-19-14-22(37-5-2)11-12-23(19)29-27(20)36/h7-14,24H,4-6,15-17H2,1-3H3,(H,29,36)/t24-/m1/s1. The van der Waals surface area contributed by atoms with E-state index < -0.39 is 5.97 Å². The molecule has 38 heavy (non-hydrogen) atoms. The van der Waals surface area contributed by atoms with Crippen molar-refractivity contribution in [1.82, 2.24) is 30.1 Å². The Morgan fingerprint density at radius 2 is 1.87 bits per heavy atom. The summed E-state index contributed by atoms with van der Waals surface area (Å²) in [5, 5.41) is 12.8. The minimum Gasteiger partial charge on any atom is -0.494 e. The van der Waals surface area contributed by atoms with Crippen molar-refractivity contribution in [3.05, 3.63) is 81.7 Å². The number of esters is 1. The number of carbonyl (C=O) groups is 1. The Kier molecular flexibility index (Phi) is 8.80. The molecule has 1 N–H and O–H groups in total. The minimum atomic E-state index is -0.447. The lowest BCUT2D eigenvalue weighted by Crippen LogP contribution is -2.33. The summed E-state index contributed by atoms with van der Waals surface area (Å²) in [6.07, 6.45) is 0.588. The molecule has 4 aromatic rings. The summed E-state index contributed by atoms with van der Waals surface area (Å²) >= 11 is 0. The number of tetrazole rings is 1. The first-order valence-corrected chi connectivity index (χ1v) is 12.6. The molecule has 1 atom stereocenters. The Hall–Kier alpha value is -4.12. The van der Waals surface area contributed by atoms with Gasteiger partial charge in [0.05, 0.1) is 19.3 Å². The van der Waals surface area contributed by atoms with Crippen molar-refractivity contribution >= 4 is 16.9 Å². The fourth-order valence-electron chi connectivity index (χ4n) is 4.42. The second-order valence-corrected chi connectivity index (χ2v) is 8.76. The topological polar surface area (TPSA) is 115 Å². The number of aromatic nitrogens is 5. The number of nitrogens with one attached hydrogen (secondary N) is 1. The highest BCUT2D eigenvalue weighted by Crippen LogP contribution is 2.27. The van der Waals surface area contributed by atoms with E-state index in [-0.39, 0.29) is 37.1 Å². The van der Waals surface area contributed by atoms with Crippen LogP contribution < -0.4 is 10.3 Å². The molecule has 2 aromatic carbocycles. The number of ether oxygens (including phenoxy) is 2. The molecule has 0 amide bonds. The number of rotatable bonds is 12. The van der Waals surface area contributed by atoms with Crippen LogP contribution in [-0.2, 0) is 29.2 Å². The lowest BCUT2D eigenvalue weighted by molar-refractivity contribution is -0.144. The lowest BCUT2D eigenvalue weighted by Gasteiger charge is -2.30. The van der Waals surface area contributed by atoms with Crippen LogP contribution in [0.2, 0.25) is 0 Å². The second kappa shape index (κ2) is 12.4. The second-order valence-electron chi connectivity index (χ2n) is 8.76. The zero-order chi connectivity index (χ0) is 27.1. The molecular weight excluding hydrogens is 491 g/mol. The van der Waals surface area contributed by atoms with Crippen LogP contribution in [-0.4, -0.2) is 49.3 Å². The third kappa shape index (κ3) is 6.41. The number of H-pyrrole nitrogens is 1. The molecule has 0 spiro atoms. The molecule has 2 aromatic heterocycles. The molecule has 11 heteroatoms. The summed E-state index contributed by atoms with van der Waals surface area (Å²) in [5.41, 5.74) is 1.88. The first-order chi connectivity index (χ1) is 18.4. The molecule has 4 rings (SSSR count). The highest BCUT2D eigenvalue weighted by Gasteiger charge is 2.27. The summed E-state index contributed by atoms with van der Waals surface area (Å²) in [7, 11) is 0. The van der Waals surface area contributed by atoms with Crippen LogP contribution in [0.3, 0.4) is 0 Å². The van der Waals surface area contributed by atoms with Crippen LogP contribution in [0.25, 0.3) is 10.9 Å². The number of hydrogen-bond acceptors (Lipinski definition) is 8. The summed E-state index contributed by atoms with van der Waals surface area (Å²) < 4.78 is 25.7. The van der Waals surface area contributed by atoms with Gasteiger partial charge in [-0.25, -0.2) is 9.07 Å². The predicted molar refractivity (Wildman–Crippen MR) is 139 cm³/mol. The minimum absolute atomic E-state index is 0.131. The van der Waals surface area contributed by atoms with Crippen LogP contribution >= 0.6 is 0 Å². The van der Waals surface area contributed by atoms with Crippen LogP contribution in [0.15, 0.2) is 53.3 Å². The van der Waals surface area contributed by atoms with Gasteiger partial charge in [0.15, 0.2) is 5.82 Å². The fourth-order valence-corrected chi connectivity index (χ4v) is 4.42. The van der Waals surface area contributed by atoms with Crippen LogP contribution in [0.5, 0.6) is 5.75 Å². The maximum Gasteiger partial charge on any atom is 0.327 e. The molecule has 10 nitrogen and oxygen atoms in total. The first kappa shape index (κ1) is 26.9. The largest absolute Gasteiger partial charge is 0.494 e. The van der Waals surface area contributed by atoms with Gasteiger partial charge in [0.25, 0.3) is 5.56 Å². The summed E-state index contributed by atoms with van der Waals surface area (Å²) in [4.78, 5) is 30.2. The number of nitrogens with zero attached hydrogens (tertiary/aromatic N) is 5. The number of fused-ring (bicyclic) bond motifs is 1. The molecule has 0 bridgehead atoms. The van der Waals surface area contributed by atoms with Crippen LogP contribution in [0, 0.1) is 5.82 Å². The van der Waals surface area contributed by atoms with Crippen molar-refractivity contribution in [2.45, 2.75) is 52.9 Å². The zero-order valence-corrected chi connectivity index (χ0v) is 21.7. The first-order valence-electron chi connectivity index (χ1n) is 12.6. The Bertz CT molecular complexity index is 1440. The normalized spacial score (nSPS) is 12.1. The van der Waals surface area contributed by atoms with E-state index in [4.69, 9.17) is 9.47 Å². The third-order valence-corrected chi connectivity index (χ3v) is 6.15. The van der Waals surface area contributed by atoms with Crippen molar-refractivity contribution in [2.24, 2.45) is 0 Å². The summed E-state index contributed by atoms with van der Waals surface area (Å²) in [5.74, 6) is 0.406. The molecular formula is C27H31FN6O4. The van der Waals surface area contributed by atoms with Gasteiger partial charge >= 0.3 is 5.97 Å². The van der Waals surface area contributed by atoms with Gasteiger partial charge in [-0.05, 0) is 72.7 Å². The smallest absolute Gasteiger partial charge is 0.327 e. The van der Waals surface area contributed by atoms with Gasteiger partial charge in [-0.15, -0.1) is 5.10 Å². The number of benzene rings is 2. The predicted octanol–water partition coefficient (Wildman–Crippen LogP) is 3.77. The Balaban J connectivity index is 1.72. The fraction of sp³-hybridized carbons (Fsp3) is 0.370. The van der Waals surface area contributed by atoms with E-state index in [0.717, 1.165) is 10.9 Å². The Morgan fingerprint density at radius 1 is 1.08 bits per heavy atom. The van der Waals surface area contributed by atoms with Crippen LogP contribution in [0.4, 0.5) is 4.39 Å². The van der Waals surface area contributed by atoms with E-state index in [1.54, 1.807) is 19.1 Å². The number of halogens is 1.